The zero-order chi connectivity index (χ0) is 19.6. The number of nitrogens with one attached hydrogen (secondary N) is 2. The quantitative estimate of drug-likeness (QED) is 0.812. The standard InChI is InChI=1S/C21H26N6O2/c28-21-18-15(6-8-23-21)20(26-19(25-18)14-5-4-7-22-11-14)24-16-12-29-13-17(16)27-9-2-1-3-10-27/h4-5,7,11,16-17H,1-3,6,8-10,12-13H2,(H,23,28)(H,24,25,26)/t16-,17-/m0/s1. The maximum absolute atomic E-state index is 12.5. The smallest absolute Gasteiger partial charge is 0.270 e. The van der Waals surface area contributed by atoms with Crippen molar-refractivity contribution in [3.8, 4) is 11.4 Å². The first-order valence-electron chi connectivity index (χ1n) is 10.5. The number of carbonyl (C=O) groups is 1. The Morgan fingerprint density at radius 2 is 2.07 bits per heavy atom. The Hall–Kier alpha value is -2.58. The molecule has 8 heteroatoms. The predicted octanol–water partition coefficient (Wildman–Crippen LogP) is 1.49. The van der Waals surface area contributed by atoms with Crippen LogP contribution in [0.15, 0.2) is 24.5 Å². The molecule has 0 saturated carbocycles. The molecule has 8 nitrogen and oxygen atoms in total. The normalized spacial score (nSPS) is 24.8. The van der Waals surface area contributed by atoms with Crippen molar-refractivity contribution in [2.24, 2.45) is 0 Å². The lowest BCUT2D eigenvalue weighted by atomic mass is 10.0. The average molecular weight is 394 g/mol. The molecule has 0 radical (unpaired) electrons. The first-order chi connectivity index (χ1) is 14.3. The van der Waals surface area contributed by atoms with Gasteiger partial charge in [0.1, 0.15) is 11.5 Å². The minimum absolute atomic E-state index is 0.142. The molecule has 2 N–H and O–H groups in total. The summed E-state index contributed by atoms with van der Waals surface area (Å²) in [6.07, 6.45) is 7.97. The number of pyridine rings is 1. The lowest BCUT2D eigenvalue weighted by Gasteiger charge is -2.35. The summed E-state index contributed by atoms with van der Waals surface area (Å²) in [4.78, 5) is 28.6. The van der Waals surface area contributed by atoms with Crippen LogP contribution in [-0.4, -0.2) is 70.7 Å². The second kappa shape index (κ2) is 8.04. The number of hydrogen-bond donors (Lipinski definition) is 2. The first-order valence-corrected chi connectivity index (χ1v) is 10.5. The van der Waals surface area contributed by atoms with Gasteiger partial charge in [-0.05, 0) is 44.5 Å². The third kappa shape index (κ3) is 3.70. The maximum Gasteiger partial charge on any atom is 0.270 e. The predicted molar refractivity (Wildman–Crippen MR) is 109 cm³/mol. The Morgan fingerprint density at radius 3 is 2.90 bits per heavy atom. The van der Waals surface area contributed by atoms with Gasteiger partial charge in [-0.3, -0.25) is 14.7 Å². The molecule has 152 valence electrons. The molecule has 0 unspecified atom stereocenters. The van der Waals surface area contributed by atoms with E-state index >= 15 is 0 Å². The molecule has 2 aromatic rings. The molecular formula is C21H26N6O2. The van der Waals surface area contributed by atoms with Crippen LogP contribution in [0.2, 0.25) is 0 Å². The van der Waals surface area contributed by atoms with E-state index in [1.807, 2.05) is 12.1 Å². The zero-order valence-corrected chi connectivity index (χ0v) is 16.4. The summed E-state index contributed by atoms with van der Waals surface area (Å²) in [5.74, 6) is 1.13. The van der Waals surface area contributed by atoms with Gasteiger partial charge in [0.15, 0.2) is 5.82 Å². The highest BCUT2D eigenvalue weighted by molar-refractivity contribution is 5.96. The molecule has 0 aromatic carbocycles. The summed E-state index contributed by atoms with van der Waals surface area (Å²) in [6, 6.07) is 4.25. The van der Waals surface area contributed by atoms with Gasteiger partial charge in [-0.15, -0.1) is 0 Å². The van der Waals surface area contributed by atoms with Crippen LogP contribution in [0.4, 0.5) is 5.82 Å². The molecule has 1 amide bonds. The lowest BCUT2D eigenvalue weighted by Crippen LogP contribution is -2.48. The molecule has 29 heavy (non-hydrogen) atoms. The number of hydrogen-bond acceptors (Lipinski definition) is 7. The van der Waals surface area contributed by atoms with Gasteiger partial charge in [0.2, 0.25) is 0 Å². The van der Waals surface area contributed by atoms with E-state index in [4.69, 9.17) is 9.72 Å². The Morgan fingerprint density at radius 1 is 1.17 bits per heavy atom. The molecule has 0 aliphatic carbocycles. The number of likely N-dealkylation sites (tertiary alicyclic amines) is 1. The van der Waals surface area contributed by atoms with E-state index in [0.29, 0.717) is 30.7 Å². The molecular weight excluding hydrogens is 368 g/mol. The maximum atomic E-state index is 12.5. The van der Waals surface area contributed by atoms with E-state index in [-0.39, 0.29) is 11.9 Å². The number of carbonyl (C=O) groups excluding carboxylic acids is 1. The van der Waals surface area contributed by atoms with Crippen molar-refractivity contribution in [1.29, 1.82) is 0 Å². The van der Waals surface area contributed by atoms with Gasteiger partial charge in [-0.2, -0.15) is 0 Å². The second-order valence-electron chi connectivity index (χ2n) is 7.92. The van der Waals surface area contributed by atoms with Crippen LogP contribution in [0.1, 0.15) is 35.3 Å². The highest BCUT2D eigenvalue weighted by Gasteiger charge is 2.35. The molecule has 5 rings (SSSR count). The van der Waals surface area contributed by atoms with Crippen molar-refractivity contribution in [3.63, 3.8) is 0 Å². The number of aromatic nitrogens is 3. The van der Waals surface area contributed by atoms with Crippen molar-refractivity contribution < 1.29 is 9.53 Å². The summed E-state index contributed by atoms with van der Waals surface area (Å²) in [5, 5.41) is 6.52. The van der Waals surface area contributed by atoms with E-state index in [2.05, 4.69) is 25.5 Å². The van der Waals surface area contributed by atoms with Gasteiger partial charge in [-0.1, -0.05) is 6.42 Å². The molecule has 0 bridgehead atoms. The topological polar surface area (TPSA) is 92.3 Å². The number of fused-ring (bicyclic) bond motifs is 1. The molecule has 2 saturated heterocycles. The third-order valence-electron chi connectivity index (χ3n) is 6.03. The number of piperidine rings is 1. The Labute approximate surface area is 170 Å². The Balaban J connectivity index is 1.48. The number of ether oxygens (including phenoxy) is 1. The van der Waals surface area contributed by atoms with Gasteiger partial charge < -0.3 is 15.4 Å². The Kier molecular flexibility index (Phi) is 5.12. The first kappa shape index (κ1) is 18.4. The van der Waals surface area contributed by atoms with Crippen LogP contribution in [0.25, 0.3) is 11.4 Å². The van der Waals surface area contributed by atoms with E-state index in [9.17, 15) is 4.79 Å². The summed E-state index contributed by atoms with van der Waals surface area (Å²) >= 11 is 0. The van der Waals surface area contributed by atoms with Gasteiger partial charge in [-0.25, -0.2) is 9.97 Å². The number of anilines is 1. The minimum atomic E-state index is -0.142. The lowest BCUT2D eigenvalue weighted by molar-refractivity contribution is 0.0940. The highest BCUT2D eigenvalue weighted by Crippen LogP contribution is 2.27. The average Bonchev–Trinajstić information content (AvgIpc) is 3.24. The summed E-state index contributed by atoms with van der Waals surface area (Å²) in [5.41, 5.74) is 2.15. The van der Waals surface area contributed by atoms with E-state index in [1.165, 1.54) is 19.3 Å². The fraction of sp³-hybridized carbons (Fsp3) is 0.524. The molecule has 2 aromatic heterocycles. The number of amides is 1. The van der Waals surface area contributed by atoms with Crippen molar-refractivity contribution in [2.45, 2.75) is 37.8 Å². The third-order valence-corrected chi connectivity index (χ3v) is 6.03. The highest BCUT2D eigenvalue weighted by atomic mass is 16.5. The summed E-state index contributed by atoms with van der Waals surface area (Å²) in [6.45, 7) is 4.23. The fourth-order valence-corrected chi connectivity index (χ4v) is 4.50. The van der Waals surface area contributed by atoms with Crippen molar-refractivity contribution >= 4 is 11.7 Å². The molecule has 3 aliphatic heterocycles. The SMILES string of the molecule is O=C1NCCc2c(N[C@H]3COC[C@@H]3N3CCCCC3)nc(-c3cccnc3)nc21. The molecule has 3 aliphatic rings. The van der Waals surface area contributed by atoms with Gasteiger partial charge >= 0.3 is 0 Å². The molecule has 5 heterocycles. The molecule has 2 fully saturated rings. The largest absolute Gasteiger partial charge is 0.378 e. The number of rotatable bonds is 4. The van der Waals surface area contributed by atoms with Crippen molar-refractivity contribution in [3.05, 3.63) is 35.8 Å². The minimum Gasteiger partial charge on any atom is -0.378 e. The van der Waals surface area contributed by atoms with Crippen LogP contribution >= 0.6 is 0 Å². The Bertz CT molecular complexity index is 884. The summed E-state index contributed by atoms with van der Waals surface area (Å²) < 4.78 is 5.84. The monoisotopic (exact) mass is 394 g/mol. The van der Waals surface area contributed by atoms with E-state index in [1.54, 1.807) is 12.4 Å². The number of nitrogens with zero attached hydrogens (tertiary/aromatic N) is 4. The molecule has 2 atom stereocenters. The molecule has 0 spiro atoms. The van der Waals surface area contributed by atoms with Crippen LogP contribution in [0, 0.1) is 0 Å². The summed E-state index contributed by atoms with van der Waals surface area (Å²) in [7, 11) is 0. The van der Waals surface area contributed by atoms with E-state index < -0.39 is 0 Å². The second-order valence-corrected chi connectivity index (χ2v) is 7.92. The van der Waals surface area contributed by atoms with E-state index in [0.717, 1.165) is 43.1 Å². The zero-order valence-electron chi connectivity index (χ0n) is 16.4. The van der Waals surface area contributed by atoms with Crippen LogP contribution in [0.3, 0.4) is 0 Å². The van der Waals surface area contributed by atoms with Crippen molar-refractivity contribution in [2.75, 3.05) is 38.2 Å². The van der Waals surface area contributed by atoms with Crippen molar-refractivity contribution in [1.82, 2.24) is 25.2 Å². The fourth-order valence-electron chi connectivity index (χ4n) is 4.50. The van der Waals surface area contributed by atoms with Gasteiger partial charge in [0.25, 0.3) is 5.91 Å². The van der Waals surface area contributed by atoms with Crippen LogP contribution < -0.4 is 10.6 Å². The van der Waals surface area contributed by atoms with Crippen LogP contribution in [0.5, 0.6) is 0 Å². The van der Waals surface area contributed by atoms with Gasteiger partial charge in [0.05, 0.1) is 25.3 Å². The van der Waals surface area contributed by atoms with Gasteiger partial charge in [0, 0.05) is 30.1 Å². The van der Waals surface area contributed by atoms with Crippen LogP contribution in [-0.2, 0) is 11.2 Å².